The quantitative estimate of drug-likeness (QED) is 0.207. The summed E-state index contributed by atoms with van der Waals surface area (Å²) < 4.78 is 39.7. The molecule has 1 aliphatic rings. The first-order valence-corrected chi connectivity index (χ1v) is 13.2. The van der Waals surface area contributed by atoms with Gasteiger partial charge in [0, 0.05) is 6.42 Å². The molecule has 0 bridgehead atoms. The third-order valence-electron chi connectivity index (χ3n) is 7.47. The minimum absolute atomic E-state index is 0.0485. The lowest BCUT2D eigenvalue weighted by atomic mass is 9.80. The average Bonchev–Trinajstić information content (AvgIpc) is 3.62. The fourth-order valence-electron chi connectivity index (χ4n) is 5.35. The molecule has 3 aromatic carbocycles. The summed E-state index contributed by atoms with van der Waals surface area (Å²) in [6.45, 7) is 0.0561. The van der Waals surface area contributed by atoms with Crippen LogP contribution < -0.4 is 9.47 Å². The number of fused-ring (bicyclic) bond motifs is 1. The van der Waals surface area contributed by atoms with Gasteiger partial charge >= 0.3 is 0 Å². The lowest BCUT2D eigenvalue weighted by Gasteiger charge is -2.37. The normalized spacial score (nSPS) is 19.0. The Hall–Kier alpha value is -4.38. The van der Waals surface area contributed by atoms with Crippen LogP contribution in [-0.2, 0) is 15.1 Å². The zero-order chi connectivity index (χ0) is 28.4. The molecule has 41 heavy (non-hydrogen) atoms. The molecule has 10 heteroatoms. The average molecular weight is 557 g/mol. The van der Waals surface area contributed by atoms with E-state index in [0.29, 0.717) is 5.65 Å². The van der Waals surface area contributed by atoms with E-state index in [-0.39, 0.29) is 18.5 Å². The number of hydrogen-bond donors (Lipinski definition) is 1. The smallest absolute Gasteiger partial charge is 0.244 e. The van der Waals surface area contributed by atoms with Gasteiger partial charge in [0.05, 0.1) is 33.3 Å². The first-order valence-electron chi connectivity index (χ1n) is 13.2. The van der Waals surface area contributed by atoms with Gasteiger partial charge in [-0.15, -0.1) is 0 Å². The topological polar surface area (TPSA) is 101 Å². The summed E-state index contributed by atoms with van der Waals surface area (Å²) in [5.74, 6) is 0.727. The number of nitrogens with zero attached hydrogens (tertiary/aromatic N) is 4. The first-order chi connectivity index (χ1) is 20.0. The number of benzene rings is 3. The van der Waals surface area contributed by atoms with Crippen molar-refractivity contribution in [1.82, 2.24) is 19.5 Å². The van der Waals surface area contributed by atoms with E-state index in [1.807, 2.05) is 78.9 Å². The number of halogens is 1. The summed E-state index contributed by atoms with van der Waals surface area (Å²) in [5, 5.41) is 11.1. The molecule has 6 rings (SSSR count). The highest BCUT2D eigenvalue weighted by Gasteiger charge is 2.42. The molecule has 0 radical (unpaired) electrons. The van der Waals surface area contributed by atoms with Crippen molar-refractivity contribution >= 4 is 11.2 Å². The summed E-state index contributed by atoms with van der Waals surface area (Å²) in [6.07, 6.45) is 0.722. The van der Waals surface area contributed by atoms with E-state index in [1.54, 1.807) is 18.8 Å². The molecular weight excluding hydrogens is 527 g/mol. The Kier molecular flexibility index (Phi) is 7.36. The third kappa shape index (κ3) is 4.90. The van der Waals surface area contributed by atoms with Crippen LogP contribution in [0.5, 0.6) is 11.5 Å². The SMILES string of the molecule is COc1ccc(C(OC[C@H]2O[C@@H](n3cnc4c(F)ncnc43)C[C@@H]2O)(c2ccccc2)c2ccc(OC)cc2)cc1. The standard InChI is InChI=1S/C31H29FN4O5/c1-38-23-12-8-21(9-13-23)31(20-6-4-3-5-7-20,22-10-14-24(39-2)15-11-22)40-17-26-25(37)16-27(41-26)36-19-35-28-29(32)33-18-34-30(28)36/h3-15,18-19,25-27,37H,16-17H2,1-2H3/t25-,26+,27+/m0/s1. The van der Waals surface area contributed by atoms with Crippen LogP contribution in [0.3, 0.4) is 0 Å². The molecular formula is C31H29FN4O5. The lowest BCUT2D eigenvalue weighted by molar-refractivity contribution is -0.0931. The van der Waals surface area contributed by atoms with Gasteiger partial charge in [-0.2, -0.15) is 4.39 Å². The van der Waals surface area contributed by atoms with Gasteiger partial charge < -0.3 is 24.1 Å². The molecule has 3 atom stereocenters. The summed E-state index contributed by atoms with van der Waals surface area (Å²) in [4.78, 5) is 11.8. The molecule has 5 aromatic rings. The molecule has 0 amide bonds. The molecule has 210 valence electrons. The number of imidazole rings is 1. The Morgan fingerprint density at radius 3 is 2.10 bits per heavy atom. The molecule has 9 nitrogen and oxygen atoms in total. The van der Waals surface area contributed by atoms with Crippen molar-refractivity contribution in [1.29, 1.82) is 0 Å². The van der Waals surface area contributed by atoms with Gasteiger partial charge in [-0.05, 0) is 41.0 Å². The molecule has 0 unspecified atom stereocenters. The number of methoxy groups -OCH3 is 2. The fraction of sp³-hybridized carbons (Fsp3) is 0.258. The maximum atomic E-state index is 14.1. The number of ether oxygens (including phenoxy) is 4. The Morgan fingerprint density at radius 2 is 1.49 bits per heavy atom. The summed E-state index contributed by atoms with van der Waals surface area (Å²) in [6, 6.07) is 25.3. The second-order valence-corrected chi connectivity index (χ2v) is 9.74. The predicted molar refractivity (Wildman–Crippen MR) is 148 cm³/mol. The highest BCUT2D eigenvalue weighted by atomic mass is 19.1. The zero-order valence-corrected chi connectivity index (χ0v) is 22.6. The van der Waals surface area contributed by atoms with E-state index in [2.05, 4.69) is 15.0 Å². The van der Waals surface area contributed by atoms with Gasteiger partial charge in [0.15, 0.2) is 11.2 Å². The summed E-state index contributed by atoms with van der Waals surface area (Å²) in [7, 11) is 3.25. The largest absolute Gasteiger partial charge is 0.497 e. The highest BCUT2D eigenvalue weighted by Crippen LogP contribution is 2.43. The van der Waals surface area contributed by atoms with Crippen LogP contribution in [-0.4, -0.2) is 57.7 Å². The van der Waals surface area contributed by atoms with E-state index in [0.717, 1.165) is 34.5 Å². The molecule has 0 spiro atoms. The summed E-state index contributed by atoms with van der Waals surface area (Å²) >= 11 is 0. The van der Waals surface area contributed by atoms with Crippen LogP contribution in [0, 0.1) is 5.95 Å². The molecule has 1 saturated heterocycles. The Balaban J connectivity index is 1.37. The van der Waals surface area contributed by atoms with Crippen molar-refractivity contribution in [3.8, 4) is 11.5 Å². The Labute approximate surface area is 236 Å². The van der Waals surface area contributed by atoms with Gasteiger partial charge in [0.2, 0.25) is 5.95 Å². The second-order valence-electron chi connectivity index (χ2n) is 9.74. The fourth-order valence-corrected chi connectivity index (χ4v) is 5.35. The zero-order valence-electron chi connectivity index (χ0n) is 22.6. The predicted octanol–water partition coefficient (Wildman–Crippen LogP) is 4.64. The molecule has 2 aromatic heterocycles. The molecule has 0 saturated carbocycles. The van der Waals surface area contributed by atoms with Gasteiger partial charge in [0.1, 0.15) is 35.8 Å². The lowest BCUT2D eigenvalue weighted by Crippen LogP contribution is -2.38. The van der Waals surface area contributed by atoms with Gasteiger partial charge in [-0.25, -0.2) is 15.0 Å². The van der Waals surface area contributed by atoms with Crippen LogP contribution in [0.25, 0.3) is 11.2 Å². The summed E-state index contributed by atoms with van der Waals surface area (Å²) in [5.41, 5.74) is 1.92. The monoisotopic (exact) mass is 556 g/mol. The van der Waals surface area contributed by atoms with E-state index >= 15 is 0 Å². The van der Waals surface area contributed by atoms with Crippen LogP contribution >= 0.6 is 0 Å². The van der Waals surface area contributed by atoms with E-state index in [9.17, 15) is 9.50 Å². The number of hydrogen-bond acceptors (Lipinski definition) is 8. The van der Waals surface area contributed by atoms with Crippen LogP contribution in [0.4, 0.5) is 4.39 Å². The highest BCUT2D eigenvalue weighted by molar-refractivity contribution is 5.69. The van der Waals surface area contributed by atoms with Crippen molar-refractivity contribution in [2.75, 3.05) is 20.8 Å². The first kappa shape index (κ1) is 26.8. The van der Waals surface area contributed by atoms with E-state index in [4.69, 9.17) is 18.9 Å². The Morgan fingerprint density at radius 1 is 0.878 bits per heavy atom. The van der Waals surface area contributed by atoms with Crippen molar-refractivity contribution in [3.63, 3.8) is 0 Å². The van der Waals surface area contributed by atoms with Gasteiger partial charge in [-0.3, -0.25) is 4.57 Å². The minimum atomic E-state index is -1.06. The van der Waals surface area contributed by atoms with Gasteiger partial charge in [-0.1, -0.05) is 54.6 Å². The van der Waals surface area contributed by atoms with Crippen LogP contribution in [0.2, 0.25) is 0 Å². The van der Waals surface area contributed by atoms with Crippen molar-refractivity contribution in [3.05, 3.63) is 114 Å². The molecule has 1 aliphatic heterocycles. The molecule has 1 fully saturated rings. The molecule has 3 heterocycles. The van der Waals surface area contributed by atoms with Crippen molar-refractivity contribution < 1.29 is 28.4 Å². The van der Waals surface area contributed by atoms with Gasteiger partial charge in [0.25, 0.3) is 0 Å². The second kappa shape index (κ2) is 11.2. The van der Waals surface area contributed by atoms with Crippen LogP contribution in [0.1, 0.15) is 29.3 Å². The van der Waals surface area contributed by atoms with Crippen LogP contribution in [0.15, 0.2) is 91.5 Å². The third-order valence-corrected chi connectivity index (χ3v) is 7.47. The number of aliphatic hydroxyl groups excluding tert-OH is 1. The minimum Gasteiger partial charge on any atom is -0.497 e. The number of rotatable bonds is 9. The maximum absolute atomic E-state index is 14.1. The molecule has 0 aliphatic carbocycles. The Bertz CT molecular complexity index is 1560. The van der Waals surface area contributed by atoms with E-state index in [1.165, 1.54) is 6.33 Å². The number of aromatic nitrogens is 4. The van der Waals surface area contributed by atoms with Crippen molar-refractivity contribution in [2.45, 2.75) is 30.5 Å². The number of aliphatic hydroxyl groups is 1. The molecule has 1 N–H and O–H groups in total. The van der Waals surface area contributed by atoms with Crippen molar-refractivity contribution in [2.24, 2.45) is 0 Å². The maximum Gasteiger partial charge on any atom is 0.244 e. The van der Waals surface area contributed by atoms with E-state index < -0.39 is 30.0 Å².